The van der Waals surface area contributed by atoms with Crippen LogP contribution in [0, 0.1) is 0 Å². The molecule has 0 unspecified atom stereocenters. The molecule has 5 heteroatoms. The largest absolute Gasteiger partial charge is 0.422 e. The molecule has 2 aromatic carbocycles. The van der Waals surface area contributed by atoms with Crippen LogP contribution in [0.5, 0.6) is 0 Å². The molecule has 2 aromatic heterocycles. The number of aromatic amines is 1. The first-order valence-corrected chi connectivity index (χ1v) is 9.62. The summed E-state index contributed by atoms with van der Waals surface area (Å²) in [6, 6.07) is 15.0. The molecule has 0 saturated heterocycles. The second kappa shape index (κ2) is 6.68. The number of aromatic nitrogens is 1. The third-order valence-electron chi connectivity index (χ3n) is 5.50. The lowest BCUT2D eigenvalue weighted by atomic mass is 9.95. The number of H-pyrrole nitrogens is 1. The van der Waals surface area contributed by atoms with Gasteiger partial charge in [-0.3, -0.25) is 4.79 Å². The lowest BCUT2D eigenvalue weighted by Gasteiger charge is -2.10. The third-order valence-corrected chi connectivity index (χ3v) is 5.50. The Bertz CT molecular complexity index is 1270. The minimum Gasteiger partial charge on any atom is -0.422 e. The monoisotopic (exact) mass is 372 g/mol. The molecule has 1 aliphatic rings. The van der Waals surface area contributed by atoms with Crippen LogP contribution in [0.25, 0.3) is 21.9 Å². The molecule has 0 spiro atoms. The number of carbonyl (C=O) groups excluding carboxylic acids is 1. The topological polar surface area (TPSA) is 75.1 Å². The quantitative estimate of drug-likeness (QED) is 0.532. The molecule has 140 valence electrons. The predicted octanol–water partition coefficient (Wildman–Crippen LogP) is 4.08. The zero-order valence-electron chi connectivity index (χ0n) is 15.4. The number of carbonyl (C=O) groups is 1. The Morgan fingerprint density at radius 2 is 1.93 bits per heavy atom. The lowest BCUT2D eigenvalue weighted by Crippen LogP contribution is -2.27. The summed E-state index contributed by atoms with van der Waals surface area (Å²) in [5, 5.41) is 4.82. The van der Waals surface area contributed by atoms with E-state index in [4.69, 9.17) is 4.42 Å². The number of hydrogen-bond donors (Lipinski definition) is 2. The van der Waals surface area contributed by atoms with E-state index in [9.17, 15) is 9.59 Å². The van der Waals surface area contributed by atoms with Gasteiger partial charge in [-0.2, -0.15) is 0 Å². The minimum atomic E-state index is -0.619. The molecule has 5 nitrogen and oxygen atoms in total. The molecule has 4 aromatic rings. The van der Waals surface area contributed by atoms with Crippen molar-refractivity contribution in [1.29, 1.82) is 0 Å². The summed E-state index contributed by atoms with van der Waals surface area (Å²) in [5.74, 6) is -0.421. The molecule has 2 heterocycles. The zero-order valence-corrected chi connectivity index (χ0v) is 15.4. The molecule has 0 saturated carbocycles. The van der Waals surface area contributed by atoms with Gasteiger partial charge in [0.1, 0.15) is 11.1 Å². The average Bonchev–Trinajstić information content (AvgIpc) is 3.09. The molecule has 1 aliphatic carbocycles. The molecular weight excluding hydrogens is 352 g/mol. The van der Waals surface area contributed by atoms with Crippen molar-refractivity contribution in [3.63, 3.8) is 0 Å². The van der Waals surface area contributed by atoms with Crippen LogP contribution < -0.4 is 10.9 Å². The molecule has 1 amide bonds. The normalized spacial score (nSPS) is 13.6. The minimum absolute atomic E-state index is 0.0267. The van der Waals surface area contributed by atoms with Crippen LogP contribution in [0.3, 0.4) is 0 Å². The SMILES string of the molecule is O=C(NCc1ccc2[nH]c3c(c2c1)CCCC3)c1cc2ccccc2oc1=O. The van der Waals surface area contributed by atoms with Gasteiger partial charge in [-0.05, 0) is 61.1 Å². The van der Waals surface area contributed by atoms with Crippen molar-refractivity contribution in [1.82, 2.24) is 10.3 Å². The van der Waals surface area contributed by atoms with Crippen LogP contribution in [0.1, 0.15) is 40.0 Å². The van der Waals surface area contributed by atoms with Crippen molar-refractivity contribution in [2.45, 2.75) is 32.2 Å². The average molecular weight is 372 g/mol. The van der Waals surface area contributed by atoms with E-state index in [1.807, 2.05) is 18.2 Å². The summed E-state index contributed by atoms with van der Waals surface area (Å²) in [4.78, 5) is 28.2. The highest BCUT2D eigenvalue weighted by atomic mass is 16.4. The van der Waals surface area contributed by atoms with Crippen LogP contribution in [0.4, 0.5) is 0 Å². The number of aryl methyl sites for hydroxylation is 2. The summed E-state index contributed by atoms with van der Waals surface area (Å²) in [6.07, 6.45) is 4.66. The van der Waals surface area contributed by atoms with Crippen LogP contribution in [0.2, 0.25) is 0 Å². The first kappa shape index (κ1) is 16.8. The maximum Gasteiger partial charge on any atom is 0.349 e. The molecule has 5 rings (SSSR count). The first-order valence-electron chi connectivity index (χ1n) is 9.62. The highest BCUT2D eigenvalue weighted by molar-refractivity contribution is 5.96. The zero-order chi connectivity index (χ0) is 19.1. The molecule has 0 atom stereocenters. The molecule has 0 bridgehead atoms. The van der Waals surface area contributed by atoms with Gasteiger partial charge in [0.25, 0.3) is 5.91 Å². The number of rotatable bonds is 3. The maximum atomic E-state index is 12.6. The van der Waals surface area contributed by atoms with Gasteiger partial charge in [0.15, 0.2) is 0 Å². The number of fused-ring (bicyclic) bond motifs is 4. The number of hydrogen-bond acceptors (Lipinski definition) is 3. The third kappa shape index (κ3) is 2.89. The number of para-hydroxylation sites is 1. The summed E-state index contributed by atoms with van der Waals surface area (Å²) < 4.78 is 5.25. The summed E-state index contributed by atoms with van der Waals surface area (Å²) >= 11 is 0. The van der Waals surface area contributed by atoms with Crippen LogP contribution in [0.15, 0.2) is 57.7 Å². The van der Waals surface area contributed by atoms with Gasteiger partial charge in [0, 0.05) is 28.5 Å². The van der Waals surface area contributed by atoms with Crippen molar-refractivity contribution < 1.29 is 9.21 Å². The van der Waals surface area contributed by atoms with E-state index in [0.717, 1.165) is 29.3 Å². The number of nitrogens with one attached hydrogen (secondary N) is 2. The maximum absolute atomic E-state index is 12.6. The van der Waals surface area contributed by atoms with Gasteiger partial charge >= 0.3 is 5.63 Å². The fourth-order valence-electron chi connectivity index (χ4n) is 4.06. The van der Waals surface area contributed by atoms with Crippen molar-refractivity contribution in [2.75, 3.05) is 0 Å². The van der Waals surface area contributed by atoms with Gasteiger partial charge < -0.3 is 14.7 Å². The standard InChI is InChI=1S/C23H20N2O3/c26-22(18-12-15-5-1-4-8-21(15)28-23(18)27)24-13-14-9-10-20-17(11-14)16-6-2-3-7-19(16)25-20/h1,4-5,8-12,25H,2-3,6-7,13H2,(H,24,26). The van der Waals surface area contributed by atoms with Gasteiger partial charge in [-0.15, -0.1) is 0 Å². The highest BCUT2D eigenvalue weighted by Crippen LogP contribution is 2.29. The lowest BCUT2D eigenvalue weighted by molar-refractivity contribution is 0.0947. The van der Waals surface area contributed by atoms with Gasteiger partial charge in [0.2, 0.25) is 0 Å². The first-order chi connectivity index (χ1) is 13.7. The molecular formula is C23H20N2O3. The van der Waals surface area contributed by atoms with Gasteiger partial charge in [-0.1, -0.05) is 24.3 Å². The molecule has 0 radical (unpaired) electrons. The Balaban J connectivity index is 1.39. The predicted molar refractivity (Wildman–Crippen MR) is 109 cm³/mol. The second-order valence-corrected chi connectivity index (χ2v) is 7.34. The van der Waals surface area contributed by atoms with E-state index in [1.54, 1.807) is 18.2 Å². The Kier molecular flexibility index (Phi) is 4.01. The summed E-state index contributed by atoms with van der Waals surface area (Å²) in [7, 11) is 0. The van der Waals surface area contributed by atoms with Crippen molar-refractivity contribution in [3.8, 4) is 0 Å². The molecule has 0 fully saturated rings. The Labute approximate surface area is 161 Å². The van der Waals surface area contributed by atoms with Gasteiger partial charge in [-0.25, -0.2) is 4.79 Å². The Morgan fingerprint density at radius 1 is 1.07 bits per heavy atom. The van der Waals surface area contributed by atoms with E-state index >= 15 is 0 Å². The fraction of sp³-hybridized carbons (Fsp3) is 0.217. The second-order valence-electron chi connectivity index (χ2n) is 7.34. The number of amides is 1. The molecule has 2 N–H and O–H groups in total. The summed E-state index contributed by atoms with van der Waals surface area (Å²) in [5.41, 5.74) is 4.80. The van der Waals surface area contributed by atoms with Crippen molar-refractivity contribution in [3.05, 3.63) is 81.3 Å². The van der Waals surface area contributed by atoms with Crippen LogP contribution in [-0.2, 0) is 19.4 Å². The Morgan fingerprint density at radius 3 is 2.86 bits per heavy atom. The van der Waals surface area contributed by atoms with E-state index in [2.05, 4.69) is 22.4 Å². The van der Waals surface area contributed by atoms with E-state index in [1.165, 1.54) is 29.5 Å². The molecule has 0 aliphatic heterocycles. The van der Waals surface area contributed by atoms with Gasteiger partial charge in [0.05, 0.1) is 0 Å². The molecule has 28 heavy (non-hydrogen) atoms. The van der Waals surface area contributed by atoms with Crippen LogP contribution >= 0.6 is 0 Å². The van der Waals surface area contributed by atoms with Crippen molar-refractivity contribution in [2.24, 2.45) is 0 Å². The summed E-state index contributed by atoms with van der Waals surface area (Å²) in [6.45, 7) is 0.362. The smallest absolute Gasteiger partial charge is 0.349 e. The van der Waals surface area contributed by atoms with E-state index in [0.29, 0.717) is 12.1 Å². The van der Waals surface area contributed by atoms with E-state index in [-0.39, 0.29) is 5.56 Å². The Hall–Kier alpha value is -3.34. The number of benzene rings is 2. The van der Waals surface area contributed by atoms with E-state index < -0.39 is 11.5 Å². The highest BCUT2D eigenvalue weighted by Gasteiger charge is 2.16. The van der Waals surface area contributed by atoms with Crippen LogP contribution in [-0.4, -0.2) is 10.9 Å². The fourth-order valence-corrected chi connectivity index (χ4v) is 4.06. The van der Waals surface area contributed by atoms with Crippen molar-refractivity contribution >= 4 is 27.8 Å².